The Kier molecular flexibility index (Phi) is 3.42. The third-order valence-corrected chi connectivity index (χ3v) is 2.78. The highest BCUT2D eigenvalue weighted by Crippen LogP contribution is 2.24. The maximum atomic E-state index is 11.3. The van der Waals surface area contributed by atoms with E-state index in [1.165, 1.54) is 30.6 Å². The highest BCUT2D eigenvalue weighted by Gasteiger charge is 2.08. The zero-order valence-corrected chi connectivity index (χ0v) is 10.5. The quantitative estimate of drug-likeness (QED) is 0.904. The van der Waals surface area contributed by atoms with Crippen molar-refractivity contribution in [1.82, 2.24) is 9.97 Å². The molecule has 1 aromatic heterocycles. The van der Waals surface area contributed by atoms with Crippen molar-refractivity contribution in [3.8, 4) is 11.6 Å². The van der Waals surface area contributed by atoms with Gasteiger partial charge in [-0.25, -0.2) is 9.78 Å². The number of nitrogens with one attached hydrogen (secondary N) is 1. The number of H-pyrrole nitrogens is 1. The molecule has 0 aliphatic heterocycles. The molecule has 7 heteroatoms. The van der Waals surface area contributed by atoms with E-state index < -0.39 is 5.97 Å². The van der Waals surface area contributed by atoms with E-state index in [0.29, 0.717) is 5.75 Å². The number of halogens is 1. The molecular weight excluding hydrogens is 304 g/mol. The van der Waals surface area contributed by atoms with Gasteiger partial charge in [-0.1, -0.05) is 0 Å². The van der Waals surface area contributed by atoms with Gasteiger partial charge >= 0.3 is 5.97 Å². The van der Waals surface area contributed by atoms with Gasteiger partial charge in [0.2, 0.25) is 5.88 Å². The second kappa shape index (κ2) is 5.01. The van der Waals surface area contributed by atoms with Gasteiger partial charge in [0.1, 0.15) is 10.2 Å². The molecule has 2 rings (SSSR count). The van der Waals surface area contributed by atoms with E-state index in [4.69, 9.17) is 9.84 Å². The summed E-state index contributed by atoms with van der Waals surface area (Å²) in [6.07, 6.45) is 1.22. The summed E-state index contributed by atoms with van der Waals surface area (Å²) in [7, 11) is 0. The van der Waals surface area contributed by atoms with Crippen LogP contribution in [0.25, 0.3) is 0 Å². The van der Waals surface area contributed by atoms with Gasteiger partial charge in [-0.15, -0.1) is 0 Å². The molecule has 2 N–H and O–H groups in total. The first-order valence-corrected chi connectivity index (χ1v) is 5.61. The zero-order chi connectivity index (χ0) is 13.1. The summed E-state index contributed by atoms with van der Waals surface area (Å²) in [5.41, 5.74) is -0.206. The Bertz CT molecular complexity index is 636. The minimum absolute atomic E-state index is 0.113. The second-order valence-electron chi connectivity index (χ2n) is 3.28. The molecule has 2 aromatic rings. The first kappa shape index (κ1) is 12.3. The summed E-state index contributed by atoms with van der Waals surface area (Å²) in [6.45, 7) is 0. The number of aromatic carboxylic acids is 1. The average molecular weight is 311 g/mol. The molecule has 0 bridgehead atoms. The van der Waals surface area contributed by atoms with Gasteiger partial charge in [0.15, 0.2) is 0 Å². The lowest BCUT2D eigenvalue weighted by molar-refractivity contribution is 0.0697. The van der Waals surface area contributed by atoms with Gasteiger partial charge in [0, 0.05) is 0 Å². The fourth-order valence-electron chi connectivity index (χ4n) is 1.22. The van der Waals surface area contributed by atoms with Crippen molar-refractivity contribution in [2.45, 2.75) is 0 Å². The molecule has 6 nitrogen and oxygen atoms in total. The van der Waals surface area contributed by atoms with Gasteiger partial charge in [-0.05, 0) is 40.2 Å². The topological polar surface area (TPSA) is 92.3 Å². The lowest BCUT2D eigenvalue weighted by atomic mass is 10.2. The van der Waals surface area contributed by atoms with E-state index in [9.17, 15) is 9.59 Å². The van der Waals surface area contributed by atoms with E-state index in [1.807, 2.05) is 0 Å². The molecule has 0 saturated carbocycles. The predicted octanol–water partition coefficient (Wildman–Crippen LogP) is 2.02. The van der Waals surface area contributed by atoms with Gasteiger partial charge < -0.3 is 14.8 Å². The number of carboxylic acids is 1. The van der Waals surface area contributed by atoms with Crippen molar-refractivity contribution in [2.24, 2.45) is 0 Å². The molecule has 0 spiro atoms. The van der Waals surface area contributed by atoms with Crippen LogP contribution in [0.5, 0.6) is 11.6 Å². The standard InChI is InChI=1S/C11H7BrN2O4/c12-8-9(15)13-5-14-10(8)18-7-3-1-6(2-4-7)11(16)17/h1-5H,(H,16,17)(H,13,14,15). The summed E-state index contributed by atoms with van der Waals surface area (Å²) in [4.78, 5) is 28.2. The van der Waals surface area contributed by atoms with E-state index in [1.54, 1.807) is 0 Å². The van der Waals surface area contributed by atoms with Crippen LogP contribution in [-0.2, 0) is 0 Å². The summed E-state index contributed by atoms with van der Waals surface area (Å²) < 4.78 is 5.53. The summed E-state index contributed by atoms with van der Waals surface area (Å²) in [6, 6.07) is 5.77. The highest BCUT2D eigenvalue weighted by molar-refractivity contribution is 9.10. The summed E-state index contributed by atoms with van der Waals surface area (Å²) >= 11 is 3.05. The molecule has 92 valence electrons. The van der Waals surface area contributed by atoms with Crippen LogP contribution < -0.4 is 10.3 Å². The van der Waals surface area contributed by atoms with Gasteiger partial charge in [0.05, 0.1) is 11.9 Å². The molecule has 0 unspecified atom stereocenters. The van der Waals surface area contributed by atoms with Gasteiger partial charge in [-0.2, -0.15) is 0 Å². The molecule has 0 aliphatic rings. The molecule has 18 heavy (non-hydrogen) atoms. The molecule has 1 aromatic carbocycles. The Balaban J connectivity index is 2.26. The maximum absolute atomic E-state index is 11.3. The highest BCUT2D eigenvalue weighted by atomic mass is 79.9. The number of hydrogen-bond donors (Lipinski definition) is 2. The van der Waals surface area contributed by atoms with Crippen LogP contribution in [-0.4, -0.2) is 21.0 Å². The molecule has 0 radical (unpaired) electrons. The minimum atomic E-state index is -1.02. The van der Waals surface area contributed by atoms with Crippen LogP contribution >= 0.6 is 15.9 Å². The van der Waals surface area contributed by atoms with E-state index >= 15 is 0 Å². The van der Waals surface area contributed by atoms with Crippen LogP contribution in [0.2, 0.25) is 0 Å². The Hall–Kier alpha value is -2.15. The zero-order valence-electron chi connectivity index (χ0n) is 8.88. The van der Waals surface area contributed by atoms with E-state index in [0.717, 1.165) is 0 Å². The first-order chi connectivity index (χ1) is 8.58. The third-order valence-electron chi connectivity index (χ3n) is 2.08. The van der Waals surface area contributed by atoms with Crippen molar-refractivity contribution in [2.75, 3.05) is 0 Å². The van der Waals surface area contributed by atoms with Crippen molar-refractivity contribution in [3.05, 3.63) is 51.0 Å². The average Bonchev–Trinajstić information content (AvgIpc) is 2.36. The Morgan fingerprint density at radius 1 is 1.33 bits per heavy atom. The normalized spacial score (nSPS) is 10.1. The number of nitrogens with zero attached hydrogens (tertiary/aromatic N) is 1. The Labute approximate surface area is 109 Å². The fraction of sp³-hybridized carbons (Fsp3) is 0. The van der Waals surface area contributed by atoms with Gasteiger partial charge in [-0.3, -0.25) is 4.79 Å². The number of aromatic amines is 1. The van der Waals surface area contributed by atoms with Crippen LogP contribution in [0.1, 0.15) is 10.4 Å². The summed E-state index contributed by atoms with van der Waals surface area (Å²) in [5, 5.41) is 8.74. The number of benzene rings is 1. The van der Waals surface area contributed by atoms with Crippen molar-refractivity contribution >= 4 is 21.9 Å². The van der Waals surface area contributed by atoms with Crippen LogP contribution in [0.3, 0.4) is 0 Å². The minimum Gasteiger partial charge on any atom is -0.478 e. The molecule has 0 saturated heterocycles. The molecule has 1 heterocycles. The van der Waals surface area contributed by atoms with Gasteiger partial charge in [0.25, 0.3) is 5.56 Å². The third kappa shape index (κ3) is 2.57. The predicted molar refractivity (Wildman–Crippen MR) is 66.0 cm³/mol. The molecule has 0 fully saturated rings. The number of hydrogen-bond acceptors (Lipinski definition) is 4. The van der Waals surface area contributed by atoms with Crippen LogP contribution in [0, 0.1) is 0 Å². The fourth-order valence-corrected chi connectivity index (χ4v) is 1.51. The molecular formula is C11H7BrN2O4. The maximum Gasteiger partial charge on any atom is 0.335 e. The van der Waals surface area contributed by atoms with E-state index in [-0.39, 0.29) is 21.5 Å². The Morgan fingerprint density at radius 2 is 2.00 bits per heavy atom. The van der Waals surface area contributed by atoms with Crippen molar-refractivity contribution < 1.29 is 14.6 Å². The molecule has 0 atom stereocenters. The van der Waals surface area contributed by atoms with E-state index in [2.05, 4.69) is 25.9 Å². The smallest absolute Gasteiger partial charge is 0.335 e. The second-order valence-corrected chi connectivity index (χ2v) is 4.08. The molecule has 0 amide bonds. The Morgan fingerprint density at radius 3 is 2.61 bits per heavy atom. The number of aromatic nitrogens is 2. The first-order valence-electron chi connectivity index (χ1n) is 4.82. The van der Waals surface area contributed by atoms with Crippen molar-refractivity contribution in [1.29, 1.82) is 0 Å². The monoisotopic (exact) mass is 310 g/mol. The molecule has 0 aliphatic carbocycles. The number of carbonyl (C=O) groups is 1. The number of rotatable bonds is 3. The lowest BCUT2D eigenvalue weighted by Crippen LogP contribution is -2.08. The number of ether oxygens (including phenoxy) is 1. The summed E-state index contributed by atoms with van der Waals surface area (Å²) in [5.74, 6) is -0.516. The van der Waals surface area contributed by atoms with Crippen LogP contribution in [0.4, 0.5) is 0 Å². The number of carboxylic acid groups (broad SMARTS) is 1. The van der Waals surface area contributed by atoms with Crippen molar-refractivity contribution in [3.63, 3.8) is 0 Å². The lowest BCUT2D eigenvalue weighted by Gasteiger charge is -2.05. The van der Waals surface area contributed by atoms with Crippen LogP contribution in [0.15, 0.2) is 39.9 Å². The largest absolute Gasteiger partial charge is 0.478 e. The SMILES string of the molecule is O=C(O)c1ccc(Oc2nc[nH]c(=O)c2Br)cc1.